The molecule has 1 aliphatic heterocycles. The van der Waals surface area contributed by atoms with Crippen molar-refractivity contribution in [2.24, 2.45) is 0 Å². The Labute approximate surface area is 107 Å². The number of H-pyrrole nitrogens is 1. The van der Waals surface area contributed by atoms with Gasteiger partial charge in [0.15, 0.2) is 0 Å². The van der Waals surface area contributed by atoms with Gasteiger partial charge in [0.1, 0.15) is 0 Å². The van der Waals surface area contributed by atoms with Gasteiger partial charge in [-0.25, -0.2) is 0 Å². The first-order valence-corrected chi connectivity index (χ1v) is 6.47. The van der Waals surface area contributed by atoms with E-state index in [2.05, 4.69) is 46.4 Å². The van der Waals surface area contributed by atoms with E-state index < -0.39 is 0 Å². The van der Waals surface area contributed by atoms with Crippen LogP contribution in [0.25, 0.3) is 16.5 Å². The van der Waals surface area contributed by atoms with Crippen molar-refractivity contribution in [3.05, 3.63) is 42.1 Å². The predicted molar refractivity (Wildman–Crippen MR) is 74.4 cm³/mol. The van der Waals surface area contributed by atoms with Gasteiger partial charge in [-0.2, -0.15) is 0 Å². The normalized spacial score (nSPS) is 17.1. The molecule has 0 saturated heterocycles. The van der Waals surface area contributed by atoms with Crippen LogP contribution in [0.4, 0.5) is 0 Å². The highest BCUT2D eigenvalue weighted by Crippen LogP contribution is 2.28. The van der Waals surface area contributed by atoms with E-state index in [1.54, 1.807) is 0 Å². The predicted octanol–water partition coefficient (Wildman–Crippen LogP) is 2.25. The number of hydrogen-bond donors (Lipinski definition) is 2. The Morgan fingerprint density at radius 2 is 2.17 bits per heavy atom. The van der Waals surface area contributed by atoms with Gasteiger partial charge in [-0.05, 0) is 18.1 Å². The zero-order valence-electron chi connectivity index (χ0n) is 10.4. The van der Waals surface area contributed by atoms with Crippen LogP contribution in [0.1, 0.15) is 12.0 Å². The molecule has 0 atom stereocenters. The minimum Gasteiger partial charge on any atom is -0.395 e. The number of aliphatic hydroxyl groups excluding tert-OH is 1. The molecule has 0 radical (unpaired) electrons. The number of hydrogen-bond acceptors (Lipinski definition) is 2. The third-order valence-electron chi connectivity index (χ3n) is 3.64. The summed E-state index contributed by atoms with van der Waals surface area (Å²) in [6.07, 6.45) is 5.45. The molecule has 0 fully saturated rings. The first-order chi connectivity index (χ1) is 8.88. The lowest BCUT2D eigenvalue weighted by atomic mass is 9.99. The van der Waals surface area contributed by atoms with Crippen LogP contribution in [0.3, 0.4) is 0 Å². The maximum atomic E-state index is 8.94. The van der Waals surface area contributed by atoms with E-state index in [-0.39, 0.29) is 6.61 Å². The fourth-order valence-corrected chi connectivity index (χ4v) is 2.64. The van der Waals surface area contributed by atoms with Crippen molar-refractivity contribution in [3.63, 3.8) is 0 Å². The molecule has 18 heavy (non-hydrogen) atoms. The average molecular weight is 242 g/mol. The molecule has 2 aromatic rings. The Bertz CT molecular complexity index is 571. The third-order valence-corrected chi connectivity index (χ3v) is 3.64. The smallest absolute Gasteiger partial charge is 0.0558 e. The average Bonchev–Trinajstić information content (AvgIpc) is 2.84. The molecule has 1 aromatic heterocycles. The van der Waals surface area contributed by atoms with Crippen LogP contribution in [-0.4, -0.2) is 41.2 Å². The van der Waals surface area contributed by atoms with Gasteiger partial charge in [0.05, 0.1) is 6.61 Å². The fourth-order valence-electron chi connectivity index (χ4n) is 2.64. The second-order valence-electron chi connectivity index (χ2n) is 4.75. The topological polar surface area (TPSA) is 39.3 Å². The van der Waals surface area contributed by atoms with Gasteiger partial charge in [-0.1, -0.05) is 24.3 Å². The van der Waals surface area contributed by atoms with E-state index in [0.29, 0.717) is 0 Å². The first-order valence-electron chi connectivity index (χ1n) is 6.47. The van der Waals surface area contributed by atoms with E-state index >= 15 is 0 Å². The molecular weight excluding hydrogens is 224 g/mol. The van der Waals surface area contributed by atoms with Crippen LogP contribution < -0.4 is 0 Å². The Hall–Kier alpha value is -1.58. The number of para-hydroxylation sites is 1. The number of benzene rings is 1. The number of β-amino-alcohol motifs (C(OH)–C–C–N with tert-alkyl or cyclic N) is 1. The SMILES string of the molecule is OCCN1CC=C(c2c[nH]c3ccccc23)CC1. The molecule has 3 rings (SSSR count). The molecule has 1 aromatic carbocycles. The molecule has 0 spiro atoms. The van der Waals surface area contributed by atoms with Crippen molar-refractivity contribution in [2.75, 3.05) is 26.2 Å². The molecule has 94 valence electrons. The van der Waals surface area contributed by atoms with Gasteiger partial charge in [0.25, 0.3) is 0 Å². The summed E-state index contributed by atoms with van der Waals surface area (Å²) in [5.74, 6) is 0. The summed E-state index contributed by atoms with van der Waals surface area (Å²) in [5, 5.41) is 10.2. The fraction of sp³-hybridized carbons (Fsp3) is 0.333. The van der Waals surface area contributed by atoms with E-state index in [9.17, 15) is 0 Å². The van der Waals surface area contributed by atoms with Crippen molar-refractivity contribution >= 4 is 16.5 Å². The quantitative estimate of drug-likeness (QED) is 0.866. The van der Waals surface area contributed by atoms with Gasteiger partial charge in [-0.3, -0.25) is 4.90 Å². The molecule has 2 heterocycles. The summed E-state index contributed by atoms with van der Waals surface area (Å²) in [5.41, 5.74) is 3.95. The maximum absolute atomic E-state index is 8.94. The summed E-state index contributed by atoms with van der Waals surface area (Å²) in [6, 6.07) is 8.42. The molecule has 3 heteroatoms. The summed E-state index contributed by atoms with van der Waals surface area (Å²) in [7, 11) is 0. The van der Waals surface area contributed by atoms with Crippen molar-refractivity contribution in [1.82, 2.24) is 9.88 Å². The van der Waals surface area contributed by atoms with Crippen LogP contribution in [0.5, 0.6) is 0 Å². The highest BCUT2D eigenvalue weighted by Gasteiger charge is 2.14. The van der Waals surface area contributed by atoms with Gasteiger partial charge >= 0.3 is 0 Å². The number of aliphatic hydroxyl groups is 1. The second kappa shape index (κ2) is 4.96. The van der Waals surface area contributed by atoms with Crippen molar-refractivity contribution < 1.29 is 5.11 Å². The lowest BCUT2D eigenvalue weighted by Crippen LogP contribution is -2.31. The van der Waals surface area contributed by atoms with E-state index in [0.717, 1.165) is 26.1 Å². The van der Waals surface area contributed by atoms with Gasteiger partial charge in [0, 0.05) is 42.3 Å². The minimum atomic E-state index is 0.246. The van der Waals surface area contributed by atoms with E-state index in [1.807, 2.05) is 0 Å². The third kappa shape index (κ3) is 2.07. The highest BCUT2D eigenvalue weighted by atomic mass is 16.3. The number of rotatable bonds is 3. The summed E-state index contributed by atoms with van der Waals surface area (Å²) in [6.45, 7) is 3.00. The van der Waals surface area contributed by atoms with Crippen molar-refractivity contribution in [2.45, 2.75) is 6.42 Å². The molecule has 0 unspecified atom stereocenters. The Balaban J connectivity index is 1.87. The zero-order valence-corrected chi connectivity index (χ0v) is 10.4. The largest absolute Gasteiger partial charge is 0.395 e. The second-order valence-corrected chi connectivity index (χ2v) is 4.75. The minimum absolute atomic E-state index is 0.246. The van der Waals surface area contributed by atoms with Crippen LogP contribution in [0.2, 0.25) is 0 Å². The lowest BCUT2D eigenvalue weighted by molar-refractivity contribution is 0.208. The summed E-state index contributed by atoms with van der Waals surface area (Å²) in [4.78, 5) is 5.60. The van der Waals surface area contributed by atoms with Gasteiger partial charge in [-0.15, -0.1) is 0 Å². The van der Waals surface area contributed by atoms with Crippen molar-refractivity contribution in [3.8, 4) is 0 Å². The van der Waals surface area contributed by atoms with Crippen LogP contribution in [-0.2, 0) is 0 Å². The Morgan fingerprint density at radius 3 is 2.94 bits per heavy atom. The van der Waals surface area contributed by atoms with Crippen molar-refractivity contribution in [1.29, 1.82) is 0 Å². The molecule has 3 nitrogen and oxygen atoms in total. The molecule has 1 aliphatic rings. The number of nitrogens with zero attached hydrogens (tertiary/aromatic N) is 1. The molecule has 0 saturated carbocycles. The van der Waals surface area contributed by atoms with Crippen LogP contribution in [0.15, 0.2) is 36.5 Å². The lowest BCUT2D eigenvalue weighted by Gasteiger charge is -2.25. The summed E-state index contributed by atoms with van der Waals surface area (Å²) < 4.78 is 0. The Morgan fingerprint density at radius 1 is 1.28 bits per heavy atom. The van der Waals surface area contributed by atoms with E-state index in [1.165, 1.54) is 22.0 Å². The highest BCUT2D eigenvalue weighted by molar-refractivity contribution is 5.92. The first kappa shape index (κ1) is 11.5. The number of aromatic amines is 1. The van der Waals surface area contributed by atoms with E-state index in [4.69, 9.17) is 5.11 Å². The number of aromatic nitrogens is 1. The monoisotopic (exact) mass is 242 g/mol. The molecule has 0 amide bonds. The zero-order chi connectivity index (χ0) is 12.4. The molecule has 2 N–H and O–H groups in total. The van der Waals surface area contributed by atoms with Crippen LogP contribution >= 0.6 is 0 Å². The van der Waals surface area contributed by atoms with Crippen LogP contribution in [0, 0.1) is 0 Å². The van der Waals surface area contributed by atoms with Gasteiger partial charge < -0.3 is 10.1 Å². The summed E-state index contributed by atoms with van der Waals surface area (Å²) >= 11 is 0. The Kier molecular flexibility index (Phi) is 3.17. The van der Waals surface area contributed by atoms with Gasteiger partial charge in [0.2, 0.25) is 0 Å². The maximum Gasteiger partial charge on any atom is 0.0558 e. The molecular formula is C15H18N2O. The number of nitrogens with one attached hydrogen (secondary N) is 1. The number of fused-ring (bicyclic) bond motifs is 1. The standard InChI is InChI=1S/C15H18N2O/c18-10-9-17-7-5-12(6-8-17)14-11-16-15-4-2-1-3-13(14)15/h1-5,11,16,18H,6-10H2. The molecule has 0 aliphatic carbocycles. The molecule has 0 bridgehead atoms.